The van der Waals surface area contributed by atoms with Crippen molar-refractivity contribution in [2.45, 2.75) is 50.8 Å². The molecule has 180 valence electrons. The lowest BCUT2D eigenvalue weighted by molar-refractivity contribution is 0.0493. The minimum Gasteiger partial charge on any atom is -0.490 e. The number of rotatable bonds is 6. The Morgan fingerprint density at radius 2 is 1.68 bits per heavy atom. The number of nitrogens with one attached hydrogen (secondary N) is 1. The number of para-hydroxylation sites is 1. The molecule has 0 unspecified atom stereocenters. The fourth-order valence-electron chi connectivity index (χ4n) is 5.59. The van der Waals surface area contributed by atoms with Crippen molar-refractivity contribution in [3.63, 3.8) is 0 Å². The van der Waals surface area contributed by atoms with Gasteiger partial charge in [-0.15, -0.1) is 0 Å². The smallest absolute Gasteiger partial charge is 0.417 e. The van der Waals surface area contributed by atoms with E-state index in [0.717, 1.165) is 68.6 Å². The Hall–Kier alpha value is -2.77. The molecule has 6 rings (SSSR count). The van der Waals surface area contributed by atoms with Gasteiger partial charge in [0, 0.05) is 51.9 Å². The third kappa shape index (κ3) is 4.59. The summed E-state index contributed by atoms with van der Waals surface area (Å²) in [4.78, 5) is 21.8. The topological polar surface area (TPSA) is 65.0 Å². The van der Waals surface area contributed by atoms with Gasteiger partial charge in [-0.3, -0.25) is 9.88 Å². The molecule has 7 nitrogen and oxygen atoms in total. The standard InChI is InChI=1S/C27H34N4O3/c32-27-28-24-5-2-6-25(26(24)34-27)31-17-15-29(16-18-31)19-20-7-9-22(10-8-20)33-23-11-13-30(14-12-23)21-3-1-4-21/h2,5-10,21,23H,1,3-4,11-19H2,(H,28,32). The monoisotopic (exact) mass is 462 g/mol. The zero-order valence-electron chi connectivity index (χ0n) is 19.7. The summed E-state index contributed by atoms with van der Waals surface area (Å²) in [6, 6.07) is 15.4. The van der Waals surface area contributed by atoms with Crippen LogP contribution in [0.25, 0.3) is 11.1 Å². The molecule has 3 heterocycles. The van der Waals surface area contributed by atoms with E-state index >= 15 is 0 Å². The quantitative estimate of drug-likeness (QED) is 0.601. The molecule has 1 aliphatic carbocycles. The highest BCUT2D eigenvalue weighted by molar-refractivity contribution is 5.86. The summed E-state index contributed by atoms with van der Waals surface area (Å²) in [7, 11) is 0. The number of aromatic nitrogens is 1. The van der Waals surface area contributed by atoms with E-state index in [4.69, 9.17) is 9.15 Å². The zero-order valence-corrected chi connectivity index (χ0v) is 19.7. The van der Waals surface area contributed by atoms with Crippen LogP contribution >= 0.6 is 0 Å². The first-order valence-corrected chi connectivity index (χ1v) is 12.8. The van der Waals surface area contributed by atoms with Crippen LogP contribution in [0.5, 0.6) is 5.75 Å². The van der Waals surface area contributed by atoms with E-state index in [0.29, 0.717) is 11.7 Å². The summed E-state index contributed by atoms with van der Waals surface area (Å²) in [6.45, 7) is 7.08. The maximum atomic E-state index is 11.6. The molecule has 0 spiro atoms. The van der Waals surface area contributed by atoms with Crippen molar-refractivity contribution in [3.05, 3.63) is 58.6 Å². The van der Waals surface area contributed by atoms with Crippen LogP contribution < -0.4 is 15.4 Å². The Balaban J connectivity index is 0.989. The molecule has 2 aliphatic heterocycles. The van der Waals surface area contributed by atoms with E-state index < -0.39 is 5.76 Å². The number of H-pyrrole nitrogens is 1. The largest absolute Gasteiger partial charge is 0.490 e. The average molecular weight is 463 g/mol. The molecule has 3 fully saturated rings. The van der Waals surface area contributed by atoms with Crippen LogP contribution in [-0.2, 0) is 6.54 Å². The Kier molecular flexibility index (Phi) is 6.05. The van der Waals surface area contributed by atoms with Gasteiger partial charge in [0.25, 0.3) is 0 Å². The zero-order chi connectivity index (χ0) is 22.9. The van der Waals surface area contributed by atoms with Crippen LogP contribution in [0.2, 0.25) is 0 Å². The minimum atomic E-state index is -0.396. The number of piperazine rings is 1. The van der Waals surface area contributed by atoms with Gasteiger partial charge in [-0.2, -0.15) is 0 Å². The first-order valence-electron chi connectivity index (χ1n) is 12.8. The maximum Gasteiger partial charge on any atom is 0.417 e. The van der Waals surface area contributed by atoms with Crippen molar-refractivity contribution in [1.82, 2.24) is 14.8 Å². The van der Waals surface area contributed by atoms with Crippen LogP contribution in [-0.4, -0.2) is 66.2 Å². The van der Waals surface area contributed by atoms with E-state index in [1.54, 1.807) is 0 Å². The van der Waals surface area contributed by atoms with Gasteiger partial charge in [0.05, 0.1) is 11.2 Å². The molecule has 0 amide bonds. The summed E-state index contributed by atoms with van der Waals surface area (Å²) < 4.78 is 11.7. The molecule has 1 saturated carbocycles. The van der Waals surface area contributed by atoms with Gasteiger partial charge < -0.3 is 19.0 Å². The van der Waals surface area contributed by atoms with Crippen molar-refractivity contribution in [2.75, 3.05) is 44.2 Å². The maximum absolute atomic E-state index is 11.6. The molecule has 34 heavy (non-hydrogen) atoms. The van der Waals surface area contributed by atoms with Crippen LogP contribution in [0.15, 0.2) is 51.7 Å². The van der Waals surface area contributed by atoms with E-state index in [9.17, 15) is 4.79 Å². The molecule has 3 aliphatic rings. The molecule has 0 atom stereocenters. The number of aromatic amines is 1. The van der Waals surface area contributed by atoms with Crippen molar-refractivity contribution < 1.29 is 9.15 Å². The van der Waals surface area contributed by atoms with E-state index in [-0.39, 0.29) is 0 Å². The van der Waals surface area contributed by atoms with Gasteiger partial charge in [0.15, 0.2) is 5.58 Å². The Morgan fingerprint density at radius 3 is 2.38 bits per heavy atom. The molecular formula is C27H34N4O3. The lowest BCUT2D eigenvalue weighted by Crippen LogP contribution is -2.46. The fourth-order valence-corrected chi connectivity index (χ4v) is 5.59. The molecule has 7 heteroatoms. The number of benzene rings is 2. The summed E-state index contributed by atoms with van der Waals surface area (Å²) in [6.07, 6.45) is 6.83. The molecule has 1 aromatic heterocycles. The normalized spacial score (nSPS) is 21.1. The third-order valence-electron chi connectivity index (χ3n) is 7.84. The molecule has 0 radical (unpaired) electrons. The number of hydrogen-bond donors (Lipinski definition) is 1. The average Bonchev–Trinajstić information content (AvgIpc) is 3.21. The SMILES string of the molecule is O=c1[nH]c2cccc(N3CCN(Cc4ccc(OC5CCN(C6CCC6)CC5)cc4)CC3)c2o1. The molecular weight excluding hydrogens is 428 g/mol. The van der Waals surface area contributed by atoms with Crippen molar-refractivity contribution in [2.24, 2.45) is 0 Å². The predicted molar refractivity (Wildman–Crippen MR) is 134 cm³/mol. The Bertz CT molecular complexity index is 1150. The minimum absolute atomic E-state index is 0.351. The second-order valence-corrected chi connectivity index (χ2v) is 10.0. The van der Waals surface area contributed by atoms with Gasteiger partial charge in [-0.25, -0.2) is 4.79 Å². The lowest BCUT2D eigenvalue weighted by Gasteiger charge is -2.41. The van der Waals surface area contributed by atoms with Crippen molar-refractivity contribution in [3.8, 4) is 5.75 Å². The van der Waals surface area contributed by atoms with Crippen LogP contribution in [0, 0.1) is 0 Å². The third-order valence-corrected chi connectivity index (χ3v) is 7.84. The molecule has 1 N–H and O–H groups in total. The van der Waals surface area contributed by atoms with Gasteiger partial charge in [-0.05, 0) is 55.5 Å². The van der Waals surface area contributed by atoms with Crippen LogP contribution in [0.1, 0.15) is 37.7 Å². The number of ether oxygens (including phenoxy) is 1. The highest BCUT2D eigenvalue weighted by Gasteiger charge is 2.29. The lowest BCUT2D eigenvalue weighted by atomic mass is 9.90. The second kappa shape index (κ2) is 9.47. The highest BCUT2D eigenvalue weighted by atomic mass is 16.5. The number of anilines is 1. The first-order chi connectivity index (χ1) is 16.7. The Labute approximate surface area is 200 Å². The highest BCUT2D eigenvalue weighted by Crippen LogP contribution is 2.29. The number of piperidine rings is 1. The molecule has 3 aromatic rings. The van der Waals surface area contributed by atoms with Crippen LogP contribution in [0.3, 0.4) is 0 Å². The van der Waals surface area contributed by atoms with Crippen molar-refractivity contribution in [1.29, 1.82) is 0 Å². The summed E-state index contributed by atoms with van der Waals surface area (Å²) >= 11 is 0. The fraction of sp³-hybridized carbons (Fsp3) is 0.519. The van der Waals surface area contributed by atoms with Gasteiger partial charge in [0.2, 0.25) is 0 Å². The molecule has 2 aromatic carbocycles. The van der Waals surface area contributed by atoms with Crippen molar-refractivity contribution >= 4 is 16.8 Å². The molecule has 0 bridgehead atoms. The van der Waals surface area contributed by atoms with Gasteiger partial charge in [0.1, 0.15) is 11.9 Å². The number of nitrogens with zero attached hydrogens (tertiary/aromatic N) is 3. The van der Waals surface area contributed by atoms with E-state index in [1.165, 1.54) is 37.9 Å². The van der Waals surface area contributed by atoms with Gasteiger partial charge in [-0.1, -0.05) is 24.6 Å². The summed E-state index contributed by atoms with van der Waals surface area (Å²) in [5, 5.41) is 0. The first kappa shape index (κ1) is 21.7. The van der Waals surface area contributed by atoms with Gasteiger partial charge >= 0.3 is 5.76 Å². The summed E-state index contributed by atoms with van der Waals surface area (Å²) in [5.74, 6) is 0.601. The summed E-state index contributed by atoms with van der Waals surface area (Å²) in [5.41, 5.74) is 3.73. The number of likely N-dealkylation sites (tertiary alicyclic amines) is 1. The second-order valence-electron chi connectivity index (χ2n) is 10.0. The Morgan fingerprint density at radius 1 is 0.912 bits per heavy atom. The molecule has 2 saturated heterocycles. The number of oxazole rings is 1. The number of fused-ring (bicyclic) bond motifs is 1. The number of hydrogen-bond acceptors (Lipinski definition) is 6. The van der Waals surface area contributed by atoms with Crippen LogP contribution in [0.4, 0.5) is 5.69 Å². The predicted octanol–water partition coefficient (Wildman–Crippen LogP) is 3.84. The van der Waals surface area contributed by atoms with E-state index in [1.807, 2.05) is 18.2 Å². The van der Waals surface area contributed by atoms with E-state index in [2.05, 4.69) is 43.9 Å².